The van der Waals surface area contributed by atoms with Gasteiger partial charge in [0.15, 0.2) is 0 Å². The Kier molecular flexibility index (Phi) is 8.23. The zero-order chi connectivity index (χ0) is 18.4. The zero-order valence-corrected chi connectivity index (χ0v) is 18.1. The zero-order valence-electron chi connectivity index (χ0n) is 18.1. The summed E-state index contributed by atoms with van der Waals surface area (Å²) in [6, 6.07) is 2.34. The highest BCUT2D eigenvalue weighted by Crippen LogP contribution is 2.45. The van der Waals surface area contributed by atoms with Crippen LogP contribution in [0.1, 0.15) is 80.1 Å². The quantitative estimate of drug-likeness (QED) is 0.742. The first-order valence-corrected chi connectivity index (χ1v) is 11.2. The molecule has 0 aromatic heterocycles. The van der Waals surface area contributed by atoms with Gasteiger partial charge in [-0.1, -0.05) is 13.8 Å². The standard InChI is InChI=1S/C20H39N3.C2H6/c1-17(2)21-11-9-20(10-12-21)7-5-19(6-8-20)23-15-13-22(14-16-23)18(3)4;1-2/h17-19H,5-16H2,1-4H3;1-2H3. The second-order valence-electron chi connectivity index (χ2n) is 9.03. The maximum absolute atomic E-state index is 2.81. The highest BCUT2D eigenvalue weighted by molar-refractivity contribution is 4.94. The number of hydrogen-bond donors (Lipinski definition) is 0. The van der Waals surface area contributed by atoms with Crippen molar-refractivity contribution in [1.29, 1.82) is 0 Å². The SMILES string of the molecule is CC.CC(C)N1CCN(C2CCC3(CC2)CCN(C(C)C)CC3)CC1. The largest absolute Gasteiger partial charge is 0.301 e. The van der Waals surface area contributed by atoms with Crippen molar-refractivity contribution in [3.05, 3.63) is 0 Å². The van der Waals surface area contributed by atoms with E-state index in [2.05, 4.69) is 42.4 Å². The molecule has 0 aromatic carbocycles. The lowest BCUT2D eigenvalue weighted by Gasteiger charge is -2.49. The van der Waals surface area contributed by atoms with Crippen molar-refractivity contribution in [2.24, 2.45) is 5.41 Å². The molecule has 25 heavy (non-hydrogen) atoms. The van der Waals surface area contributed by atoms with Crippen LogP contribution >= 0.6 is 0 Å². The molecule has 1 aliphatic carbocycles. The fourth-order valence-corrected chi connectivity index (χ4v) is 5.21. The van der Waals surface area contributed by atoms with Crippen molar-refractivity contribution in [3.63, 3.8) is 0 Å². The third-order valence-electron chi connectivity index (χ3n) is 7.20. The smallest absolute Gasteiger partial charge is 0.0113 e. The van der Waals surface area contributed by atoms with E-state index in [1.165, 1.54) is 77.8 Å². The number of likely N-dealkylation sites (tertiary alicyclic amines) is 1. The summed E-state index contributed by atoms with van der Waals surface area (Å²) < 4.78 is 0. The molecule has 2 saturated heterocycles. The Labute approximate surface area is 158 Å². The first-order chi connectivity index (χ1) is 12.0. The topological polar surface area (TPSA) is 9.72 Å². The Morgan fingerprint density at radius 2 is 1.08 bits per heavy atom. The fourth-order valence-electron chi connectivity index (χ4n) is 5.21. The molecule has 148 valence electrons. The Morgan fingerprint density at radius 3 is 1.52 bits per heavy atom. The van der Waals surface area contributed by atoms with Gasteiger partial charge in [0.2, 0.25) is 0 Å². The van der Waals surface area contributed by atoms with Gasteiger partial charge in [-0.3, -0.25) is 9.80 Å². The van der Waals surface area contributed by atoms with Crippen molar-refractivity contribution in [2.75, 3.05) is 39.3 Å². The van der Waals surface area contributed by atoms with Gasteiger partial charge in [-0.15, -0.1) is 0 Å². The molecular weight excluding hydrogens is 306 g/mol. The van der Waals surface area contributed by atoms with E-state index >= 15 is 0 Å². The summed E-state index contributed by atoms with van der Waals surface area (Å²) in [5.74, 6) is 0. The summed E-state index contributed by atoms with van der Waals surface area (Å²) in [7, 11) is 0. The van der Waals surface area contributed by atoms with Gasteiger partial charge in [-0.05, 0) is 84.7 Å². The molecule has 0 radical (unpaired) electrons. The van der Waals surface area contributed by atoms with Crippen LogP contribution in [0.4, 0.5) is 0 Å². The molecular formula is C22H45N3. The summed E-state index contributed by atoms with van der Waals surface area (Å²) in [4.78, 5) is 8.14. The van der Waals surface area contributed by atoms with Crippen LogP contribution in [-0.2, 0) is 0 Å². The van der Waals surface area contributed by atoms with Crippen LogP contribution in [0.15, 0.2) is 0 Å². The normalized spacial score (nSPS) is 26.9. The average molecular weight is 352 g/mol. The van der Waals surface area contributed by atoms with Gasteiger partial charge >= 0.3 is 0 Å². The number of rotatable bonds is 3. The lowest BCUT2D eigenvalue weighted by atomic mass is 9.66. The van der Waals surface area contributed by atoms with Gasteiger partial charge in [0.1, 0.15) is 0 Å². The van der Waals surface area contributed by atoms with Crippen LogP contribution < -0.4 is 0 Å². The molecule has 3 fully saturated rings. The molecule has 3 aliphatic rings. The lowest BCUT2D eigenvalue weighted by molar-refractivity contribution is 0.00739. The minimum Gasteiger partial charge on any atom is -0.301 e. The number of piperazine rings is 1. The van der Waals surface area contributed by atoms with Gasteiger partial charge in [-0.2, -0.15) is 0 Å². The van der Waals surface area contributed by atoms with Crippen LogP contribution in [0.5, 0.6) is 0 Å². The van der Waals surface area contributed by atoms with E-state index in [0.717, 1.165) is 18.1 Å². The second-order valence-corrected chi connectivity index (χ2v) is 9.03. The monoisotopic (exact) mass is 351 g/mol. The summed E-state index contributed by atoms with van der Waals surface area (Å²) in [6.07, 6.45) is 8.83. The molecule has 3 nitrogen and oxygen atoms in total. The van der Waals surface area contributed by atoms with Crippen LogP contribution in [0, 0.1) is 5.41 Å². The highest BCUT2D eigenvalue weighted by atomic mass is 15.3. The Balaban J connectivity index is 0.00000109. The van der Waals surface area contributed by atoms with Gasteiger partial charge in [0.05, 0.1) is 0 Å². The third kappa shape index (κ3) is 5.43. The molecule has 0 amide bonds. The number of nitrogens with zero attached hydrogens (tertiary/aromatic N) is 3. The number of hydrogen-bond acceptors (Lipinski definition) is 3. The molecule has 3 heteroatoms. The highest BCUT2D eigenvalue weighted by Gasteiger charge is 2.40. The predicted octanol–water partition coefficient (Wildman–Crippen LogP) is 4.47. The molecule has 0 atom stereocenters. The maximum atomic E-state index is 2.81. The van der Waals surface area contributed by atoms with Crippen LogP contribution in [0.25, 0.3) is 0 Å². The Morgan fingerprint density at radius 1 is 0.640 bits per heavy atom. The van der Waals surface area contributed by atoms with Crippen molar-refractivity contribution in [1.82, 2.24) is 14.7 Å². The van der Waals surface area contributed by atoms with Gasteiger partial charge in [0, 0.05) is 44.3 Å². The van der Waals surface area contributed by atoms with Gasteiger partial charge < -0.3 is 4.90 Å². The first-order valence-electron chi connectivity index (χ1n) is 11.2. The summed E-state index contributed by atoms with van der Waals surface area (Å²) >= 11 is 0. The second kappa shape index (κ2) is 9.71. The molecule has 2 heterocycles. The minimum atomic E-state index is 0.710. The third-order valence-corrected chi connectivity index (χ3v) is 7.20. The molecule has 1 saturated carbocycles. The van der Waals surface area contributed by atoms with Crippen LogP contribution in [0.3, 0.4) is 0 Å². The van der Waals surface area contributed by atoms with Crippen LogP contribution in [0.2, 0.25) is 0 Å². The average Bonchev–Trinajstić information content (AvgIpc) is 2.64. The first kappa shape index (κ1) is 21.2. The van der Waals surface area contributed by atoms with Crippen molar-refractivity contribution >= 4 is 0 Å². The van der Waals surface area contributed by atoms with Gasteiger partial charge in [-0.25, -0.2) is 0 Å². The molecule has 0 bridgehead atoms. The Hall–Kier alpha value is -0.120. The number of piperidine rings is 1. The molecule has 0 aromatic rings. The Bertz CT molecular complexity index is 353. The lowest BCUT2D eigenvalue weighted by Crippen LogP contribution is -2.54. The van der Waals surface area contributed by atoms with E-state index < -0.39 is 0 Å². The molecule has 2 aliphatic heterocycles. The van der Waals surface area contributed by atoms with E-state index in [1.54, 1.807) is 0 Å². The summed E-state index contributed by atoms with van der Waals surface area (Å²) in [6.45, 7) is 21.2. The maximum Gasteiger partial charge on any atom is 0.0113 e. The van der Waals surface area contributed by atoms with E-state index in [-0.39, 0.29) is 0 Å². The fraction of sp³-hybridized carbons (Fsp3) is 1.00. The molecule has 0 N–H and O–H groups in total. The summed E-state index contributed by atoms with van der Waals surface area (Å²) in [5.41, 5.74) is 0.710. The molecule has 0 unspecified atom stereocenters. The van der Waals surface area contributed by atoms with Crippen molar-refractivity contribution < 1.29 is 0 Å². The van der Waals surface area contributed by atoms with Crippen LogP contribution in [-0.4, -0.2) is 72.1 Å². The van der Waals surface area contributed by atoms with E-state index in [9.17, 15) is 0 Å². The summed E-state index contributed by atoms with van der Waals surface area (Å²) in [5, 5.41) is 0. The molecule has 1 spiro atoms. The van der Waals surface area contributed by atoms with Gasteiger partial charge in [0.25, 0.3) is 0 Å². The predicted molar refractivity (Wildman–Crippen MR) is 110 cm³/mol. The van der Waals surface area contributed by atoms with E-state index in [1.807, 2.05) is 13.8 Å². The van der Waals surface area contributed by atoms with E-state index in [4.69, 9.17) is 0 Å². The van der Waals surface area contributed by atoms with Crippen molar-refractivity contribution in [3.8, 4) is 0 Å². The van der Waals surface area contributed by atoms with E-state index in [0.29, 0.717) is 5.41 Å². The minimum absolute atomic E-state index is 0.710. The van der Waals surface area contributed by atoms with Crippen molar-refractivity contribution in [2.45, 2.75) is 98.2 Å². The molecule has 3 rings (SSSR count).